The summed E-state index contributed by atoms with van der Waals surface area (Å²) < 4.78 is 5.80. The van der Waals surface area contributed by atoms with Crippen LogP contribution in [0.1, 0.15) is 33.1 Å². The van der Waals surface area contributed by atoms with Crippen LogP contribution in [0.4, 0.5) is 5.95 Å². The van der Waals surface area contributed by atoms with Gasteiger partial charge in [-0.25, -0.2) is 9.97 Å². The topological polar surface area (TPSA) is 95.0 Å². The first-order chi connectivity index (χ1) is 14.1. The molecule has 0 radical (unpaired) electrons. The van der Waals surface area contributed by atoms with E-state index in [0.29, 0.717) is 32.6 Å². The zero-order chi connectivity index (χ0) is 20.5. The molecule has 9 nitrogen and oxygen atoms in total. The van der Waals surface area contributed by atoms with Gasteiger partial charge in [0.25, 0.3) is 0 Å². The van der Waals surface area contributed by atoms with E-state index < -0.39 is 0 Å². The molecule has 0 spiro atoms. The summed E-state index contributed by atoms with van der Waals surface area (Å²) in [5.41, 5.74) is -0.166. The monoisotopic (exact) mass is 531 g/mol. The van der Waals surface area contributed by atoms with Crippen molar-refractivity contribution in [3.63, 3.8) is 0 Å². The van der Waals surface area contributed by atoms with E-state index in [9.17, 15) is 4.79 Å². The third kappa shape index (κ3) is 7.22. The standard InChI is InChI=1S/C20H33N7O2.HI/c1-3-21-18(25-16-20(2)7-4-15-29-20)22-10-6-17(28)26-11-13-27(14-12-26)19-23-8-5-9-24-19;/h5,8-9H,3-4,6-7,10-16H2,1-2H3,(H2,21,22,25);1H. The maximum Gasteiger partial charge on any atom is 0.225 e. The van der Waals surface area contributed by atoms with Crippen molar-refractivity contribution in [1.82, 2.24) is 25.5 Å². The second kappa shape index (κ2) is 12.2. The maximum atomic E-state index is 12.6. The van der Waals surface area contributed by atoms with Gasteiger partial charge < -0.3 is 25.2 Å². The van der Waals surface area contributed by atoms with Crippen molar-refractivity contribution in [2.45, 2.75) is 38.7 Å². The molecule has 1 unspecified atom stereocenters. The molecule has 1 atom stereocenters. The van der Waals surface area contributed by atoms with Crippen molar-refractivity contribution in [2.24, 2.45) is 4.99 Å². The van der Waals surface area contributed by atoms with Crippen molar-refractivity contribution in [2.75, 3.05) is 57.3 Å². The van der Waals surface area contributed by atoms with Gasteiger partial charge in [0.15, 0.2) is 5.96 Å². The highest BCUT2D eigenvalue weighted by Gasteiger charge is 2.29. The number of aromatic nitrogens is 2. The zero-order valence-corrected chi connectivity index (χ0v) is 20.3. The molecule has 2 aliphatic rings. The summed E-state index contributed by atoms with van der Waals surface area (Å²) in [6.07, 6.45) is 6.06. The highest BCUT2D eigenvalue weighted by Crippen LogP contribution is 2.24. The van der Waals surface area contributed by atoms with Gasteiger partial charge in [-0.1, -0.05) is 0 Å². The molecule has 3 rings (SSSR count). The van der Waals surface area contributed by atoms with Crippen LogP contribution < -0.4 is 15.5 Å². The van der Waals surface area contributed by atoms with Gasteiger partial charge >= 0.3 is 0 Å². The number of amides is 1. The molecule has 0 aliphatic carbocycles. The fourth-order valence-electron chi connectivity index (χ4n) is 3.61. The SMILES string of the molecule is CCNC(=NCC1(C)CCCO1)NCCC(=O)N1CCN(c2ncccn2)CC1.I. The summed E-state index contributed by atoms with van der Waals surface area (Å²) in [7, 11) is 0. The Morgan fingerprint density at radius 1 is 1.23 bits per heavy atom. The maximum absolute atomic E-state index is 12.6. The second-order valence-corrected chi connectivity index (χ2v) is 7.69. The van der Waals surface area contributed by atoms with Gasteiger partial charge in [-0.2, -0.15) is 0 Å². The van der Waals surface area contributed by atoms with Gasteiger partial charge in [0.2, 0.25) is 11.9 Å². The van der Waals surface area contributed by atoms with Crippen molar-refractivity contribution < 1.29 is 9.53 Å². The molecular weight excluding hydrogens is 497 g/mol. The van der Waals surface area contributed by atoms with Gasteiger partial charge in [-0.05, 0) is 32.8 Å². The van der Waals surface area contributed by atoms with Crippen LogP contribution >= 0.6 is 24.0 Å². The lowest BCUT2D eigenvalue weighted by molar-refractivity contribution is -0.131. The molecule has 1 aromatic heterocycles. The Kier molecular flexibility index (Phi) is 10.0. The molecule has 2 aliphatic heterocycles. The summed E-state index contributed by atoms with van der Waals surface area (Å²) in [6.45, 7) is 9.82. The molecule has 0 bridgehead atoms. The Balaban J connectivity index is 0.00000320. The first-order valence-electron chi connectivity index (χ1n) is 10.6. The van der Waals surface area contributed by atoms with Gasteiger partial charge in [-0.3, -0.25) is 9.79 Å². The van der Waals surface area contributed by atoms with Gasteiger partial charge in [0.05, 0.1) is 12.1 Å². The lowest BCUT2D eigenvalue weighted by atomic mass is 10.0. The van der Waals surface area contributed by atoms with Crippen LogP contribution in [0.3, 0.4) is 0 Å². The van der Waals surface area contributed by atoms with Crippen LogP contribution in [-0.2, 0) is 9.53 Å². The lowest BCUT2D eigenvalue weighted by Crippen LogP contribution is -2.50. The number of carbonyl (C=O) groups excluding carboxylic acids is 1. The Bertz CT molecular complexity index is 675. The summed E-state index contributed by atoms with van der Waals surface area (Å²) in [4.78, 5) is 29.8. The summed E-state index contributed by atoms with van der Waals surface area (Å²) >= 11 is 0. The van der Waals surface area contributed by atoms with Crippen molar-refractivity contribution in [1.29, 1.82) is 0 Å². The molecule has 1 aromatic rings. The number of nitrogens with one attached hydrogen (secondary N) is 2. The molecule has 0 saturated carbocycles. The van der Waals surface area contributed by atoms with E-state index in [-0.39, 0.29) is 35.5 Å². The van der Waals surface area contributed by atoms with Crippen molar-refractivity contribution in [3.8, 4) is 0 Å². The van der Waals surface area contributed by atoms with Crippen LogP contribution in [0, 0.1) is 0 Å². The van der Waals surface area contributed by atoms with Crippen molar-refractivity contribution >= 4 is 41.8 Å². The zero-order valence-electron chi connectivity index (χ0n) is 18.0. The highest BCUT2D eigenvalue weighted by molar-refractivity contribution is 14.0. The fourth-order valence-corrected chi connectivity index (χ4v) is 3.61. The lowest BCUT2D eigenvalue weighted by Gasteiger charge is -2.34. The van der Waals surface area contributed by atoms with E-state index in [1.807, 2.05) is 17.9 Å². The third-order valence-electron chi connectivity index (χ3n) is 5.32. The Morgan fingerprint density at radius 3 is 2.60 bits per heavy atom. The number of carbonyl (C=O) groups is 1. The van der Waals surface area contributed by atoms with Gasteiger partial charge in [-0.15, -0.1) is 24.0 Å². The number of hydrogen-bond acceptors (Lipinski definition) is 6. The van der Waals surface area contributed by atoms with Crippen LogP contribution in [-0.4, -0.2) is 84.8 Å². The van der Waals surface area contributed by atoms with E-state index >= 15 is 0 Å². The molecule has 168 valence electrons. The number of rotatable bonds is 7. The number of nitrogens with zero attached hydrogens (tertiary/aromatic N) is 5. The molecule has 3 heterocycles. The van der Waals surface area contributed by atoms with Gasteiger partial charge in [0.1, 0.15) is 0 Å². The quantitative estimate of drug-likeness (QED) is 0.311. The van der Waals surface area contributed by atoms with Crippen LogP contribution in [0.2, 0.25) is 0 Å². The molecule has 2 N–H and O–H groups in total. The number of guanidine groups is 1. The van der Waals surface area contributed by atoms with E-state index in [2.05, 4.69) is 37.4 Å². The minimum absolute atomic E-state index is 0. The first kappa shape index (κ1) is 24.6. The van der Waals surface area contributed by atoms with Crippen molar-refractivity contribution in [3.05, 3.63) is 18.5 Å². The van der Waals surface area contributed by atoms with Gasteiger partial charge in [0, 0.05) is 64.7 Å². The summed E-state index contributed by atoms with van der Waals surface area (Å²) in [5.74, 6) is 1.63. The molecule has 2 saturated heterocycles. The Hall–Kier alpha value is -1.69. The summed E-state index contributed by atoms with van der Waals surface area (Å²) in [6, 6.07) is 1.81. The second-order valence-electron chi connectivity index (χ2n) is 7.69. The van der Waals surface area contributed by atoms with E-state index in [0.717, 1.165) is 51.0 Å². The highest BCUT2D eigenvalue weighted by atomic mass is 127. The third-order valence-corrected chi connectivity index (χ3v) is 5.32. The fraction of sp³-hybridized carbons (Fsp3) is 0.700. The Labute approximate surface area is 196 Å². The molecule has 0 aromatic carbocycles. The predicted molar refractivity (Wildman–Crippen MR) is 128 cm³/mol. The first-order valence-corrected chi connectivity index (χ1v) is 10.6. The van der Waals surface area contributed by atoms with E-state index in [1.54, 1.807) is 12.4 Å². The normalized spacial score (nSPS) is 21.9. The molecule has 2 fully saturated rings. The summed E-state index contributed by atoms with van der Waals surface area (Å²) in [5, 5.41) is 6.51. The molecular formula is C20H34IN7O2. The smallest absolute Gasteiger partial charge is 0.225 e. The minimum atomic E-state index is -0.166. The van der Waals surface area contributed by atoms with Crippen LogP contribution in [0.25, 0.3) is 0 Å². The average molecular weight is 531 g/mol. The largest absolute Gasteiger partial charge is 0.373 e. The molecule has 30 heavy (non-hydrogen) atoms. The number of anilines is 1. The number of hydrogen-bond donors (Lipinski definition) is 2. The minimum Gasteiger partial charge on any atom is -0.373 e. The van der Waals surface area contributed by atoms with E-state index in [1.165, 1.54) is 0 Å². The number of piperazine rings is 1. The number of ether oxygens (including phenoxy) is 1. The van der Waals surface area contributed by atoms with Crippen LogP contribution in [0.5, 0.6) is 0 Å². The predicted octanol–water partition coefficient (Wildman–Crippen LogP) is 1.26. The molecule has 1 amide bonds. The van der Waals surface area contributed by atoms with Crippen LogP contribution in [0.15, 0.2) is 23.5 Å². The molecule has 10 heteroatoms. The number of halogens is 1. The van der Waals surface area contributed by atoms with E-state index in [4.69, 9.17) is 4.74 Å². The number of aliphatic imine (C=N–C) groups is 1. The Morgan fingerprint density at radius 2 is 1.97 bits per heavy atom. The average Bonchev–Trinajstić information content (AvgIpc) is 3.19.